The molecule has 0 spiro atoms. The van der Waals surface area contributed by atoms with Crippen molar-refractivity contribution in [3.8, 4) is 0 Å². The molecule has 2 saturated heterocycles. The minimum atomic E-state index is -0.395. The molecule has 194 valence electrons. The van der Waals surface area contributed by atoms with E-state index in [0.29, 0.717) is 18.9 Å². The van der Waals surface area contributed by atoms with Crippen LogP contribution in [-0.4, -0.2) is 40.7 Å². The third-order valence-corrected chi connectivity index (χ3v) is 9.18. The zero-order chi connectivity index (χ0) is 25.4. The first-order valence-electron chi connectivity index (χ1n) is 14.3. The van der Waals surface area contributed by atoms with Crippen LogP contribution in [0.2, 0.25) is 0 Å². The largest absolute Gasteiger partial charge is 0.329 e. The van der Waals surface area contributed by atoms with Gasteiger partial charge in [0, 0.05) is 24.4 Å². The van der Waals surface area contributed by atoms with Gasteiger partial charge in [0.15, 0.2) is 0 Å². The van der Waals surface area contributed by atoms with E-state index in [-0.39, 0.29) is 11.8 Å². The molecule has 1 aliphatic carbocycles. The van der Waals surface area contributed by atoms with Crippen LogP contribution in [0.3, 0.4) is 0 Å². The van der Waals surface area contributed by atoms with Crippen molar-refractivity contribution in [3.05, 3.63) is 82.6 Å². The molecular weight excluding hydrogens is 458 g/mol. The summed E-state index contributed by atoms with van der Waals surface area (Å²) in [5, 5.41) is 2.82. The van der Waals surface area contributed by atoms with Crippen LogP contribution in [-0.2, 0) is 17.9 Å². The number of hydrogen-bond donors (Lipinski definition) is 1. The Hall–Kier alpha value is -2.92. The number of fused-ring (bicyclic) bond motifs is 1. The van der Waals surface area contributed by atoms with Crippen molar-refractivity contribution in [3.63, 3.8) is 0 Å². The number of rotatable bonds is 5. The van der Waals surface area contributed by atoms with E-state index in [9.17, 15) is 9.59 Å². The molecular formula is C32H39N3O2. The van der Waals surface area contributed by atoms with Crippen LogP contribution in [0.25, 0.3) is 0 Å². The minimum Gasteiger partial charge on any atom is -0.329 e. The topological polar surface area (TPSA) is 52.7 Å². The molecule has 6 rings (SSSR count). The number of amides is 2. The molecule has 0 aromatic heterocycles. The van der Waals surface area contributed by atoms with Crippen LogP contribution < -0.4 is 5.32 Å². The Balaban J connectivity index is 1.04. The van der Waals surface area contributed by atoms with Crippen molar-refractivity contribution in [1.82, 2.24) is 15.1 Å². The van der Waals surface area contributed by atoms with E-state index in [2.05, 4.69) is 53.2 Å². The number of piperidine rings is 2. The zero-order valence-electron chi connectivity index (χ0n) is 21.9. The van der Waals surface area contributed by atoms with Gasteiger partial charge in [0.2, 0.25) is 5.91 Å². The second-order valence-electron chi connectivity index (χ2n) is 11.6. The molecule has 1 saturated carbocycles. The number of benzene rings is 2. The summed E-state index contributed by atoms with van der Waals surface area (Å²) in [5.41, 5.74) is 6.87. The van der Waals surface area contributed by atoms with E-state index in [0.717, 1.165) is 61.6 Å². The molecule has 0 radical (unpaired) electrons. The summed E-state index contributed by atoms with van der Waals surface area (Å²) in [6, 6.07) is 15.4. The average Bonchev–Trinajstić information content (AvgIpc) is 3.25. The Morgan fingerprint density at radius 2 is 1.54 bits per heavy atom. The highest BCUT2D eigenvalue weighted by Crippen LogP contribution is 2.35. The number of nitrogens with one attached hydrogen (secondary N) is 1. The molecule has 2 aromatic rings. The summed E-state index contributed by atoms with van der Waals surface area (Å²) in [6.45, 7) is 7.62. The first-order valence-corrected chi connectivity index (χ1v) is 14.3. The van der Waals surface area contributed by atoms with Crippen molar-refractivity contribution >= 4 is 11.8 Å². The molecule has 37 heavy (non-hydrogen) atoms. The smallest absolute Gasteiger partial charge is 0.255 e. The quantitative estimate of drug-likeness (QED) is 0.563. The third-order valence-electron chi connectivity index (χ3n) is 9.18. The molecule has 1 atom stereocenters. The van der Waals surface area contributed by atoms with Crippen molar-refractivity contribution in [2.24, 2.45) is 0 Å². The first-order chi connectivity index (χ1) is 18.0. The zero-order valence-corrected chi connectivity index (χ0v) is 21.9. The highest BCUT2D eigenvalue weighted by Gasteiger charge is 2.38. The number of allylic oxidation sites excluding steroid dienone is 1. The molecule has 3 fully saturated rings. The average molecular weight is 498 g/mol. The molecule has 5 heteroatoms. The van der Waals surface area contributed by atoms with Crippen LogP contribution in [0, 0.1) is 0 Å². The predicted molar refractivity (Wildman–Crippen MR) is 146 cm³/mol. The molecule has 3 heterocycles. The van der Waals surface area contributed by atoms with E-state index in [1.54, 1.807) is 4.90 Å². The highest BCUT2D eigenvalue weighted by molar-refractivity contribution is 6.01. The van der Waals surface area contributed by atoms with E-state index in [1.807, 2.05) is 6.07 Å². The summed E-state index contributed by atoms with van der Waals surface area (Å²) >= 11 is 0. The molecule has 2 amide bonds. The lowest BCUT2D eigenvalue weighted by Gasteiger charge is -2.32. The van der Waals surface area contributed by atoms with Crippen molar-refractivity contribution in [2.75, 3.05) is 13.1 Å². The SMILES string of the molecule is C=C1CCC(N2Cc3cc(C4CCN(Cc5ccc(C6CCCCC6)cc5)CC4)ccc3C2=O)C(=O)N1. The van der Waals surface area contributed by atoms with Gasteiger partial charge < -0.3 is 10.2 Å². The third kappa shape index (κ3) is 5.11. The van der Waals surface area contributed by atoms with Gasteiger partial charge in [-0.2, -0.15) is 0 Å². The maximum Gasteiger partial charge on any atom is 0.255 e. The predicted octanol–water partition coefficient (Wildman–Crippen LogP) is 5.86. The molecule has 2 aromatic carbocycles. The number of nitrogens with zero attached hydrogens (tertiary/aromatic N) is 2. The first kappa shape index (κ1) is 24.4. The second-order valence-corrected chi connectivity index (χ2v) is 11.6. The molecule has 5 nitrogen and oxygen atoms in total. The van der Waals surface area contributed by atoms with Gasteiger partial charge >= 0.3 is 0 Å². The van der Waals surface area contributed by atoms with Gasteiger partial charge in [-0.1, -0.05) is 62.2 Å². The number of carbonyl (C=O) groups excluding carboxylic acids is 2. The van der Waals surface area contributed by atoms with Crippen molar-refractivity contribution in [1.29, 1.82) is 0 Å². The van der Waals surface area contributed by atoms with E-state index in [1.165, 1.54) is 48.8 Å². The lowest BCUT2D eigenvalue weighted by molar-refractivity contribution is -0.126. The number of hydrogen-bond acceptors (Lipinski definition) is 3. The molecule has 0 bridgehead atoms. The van der Waals surface area contributed by atoms with E-state index >= 15 is 0 Å². The fraction of sp³-hybridized carbons (Fsp3) is 0.500. The highest BCUT2D eigenvalue weighted by atomic mass is 16.2. The monoisotopic (exact) mass is 497 g/mol. The molecule has 1 unspecified atom stereocenters. The Morgan fingerprint density at radius 1 is 0.838 bits per heavy atom. The molecule has 1 N–H and O–H groups in total. The van der Waals surface area contributed by atoms with Gasteiger partial charge in [-0.05, 0) is 91.8 Å². The fourth-order valence-electron chi connectivity index (χ4n) is 6.94. The standard InChI is InChI=1S/C32H39N3O2/c1-22-7-14-30(31(36)33-22)35-21-28-19-27(12-13-29(28)32(35)37)26-15-17-34(18-16-26)20-23-8-10-25(11-9-23)24-5-3-2-4-6-24/h8-13,19,24,26,30H,1-7,14-18,20-21H2,(H,33,36). The summed E-state index contributed by atoms with van der Waals surface area (Å²) in [7, 11) is 0. The second kappa shape index (κ2) is 10.4. The van der Waals surface area contributed by atoms with E-state index in [4.69, 9.17) is 0 Å². The number of likely N-dealkylation sites (tertiary alicyclic amines) is 1. The van der Waals surface area contributed by atoms with Crippen LogP contribution in [0.1, 0.15) is 102 Å². The molecule has 4 aliphatic rings. The summed E-state index contributed by atoms with van der Waals surface area (Å²) < 4.78 is 0. The van der Waals surface area contributed by atoms with Gasteiger partial charge in [-0.25, -0.2) is 0 Å². The molecule has 3 aliphatic heterocycles. The Bertz CT molecular complexity index is 1170. The van der Waals surface area contributed by atoms with Crippen LogP contribution >= 0.6 is 0 Å². The minimum absolute atomic E-state index is 0.0152. The Labute approximate surface area is 220 Å². The van der Waals surface area contributed by atoms with Gasteiger partial charge in [-0.3, -0.25) is 14.5 Å². The fourth-order valence-corrected chi connectivity index (χ4v) is 6.94. The van der Waals surface area contributed by atoms with Crippen molar-refractivity contribution < 1.29 is 9.59 Å². The van der Waals surface area contributed by atoms with Crippen molar-refractivity contribution in [2.45, 2.75) is 88.8 Å². The Kier molecular flexibility index (Phi) is 6.90. The Morgan fingerprint density at radius 3 is 2.27 bits per heavy atom. The maximum absolute atomic E-state index is 13.1. The van der Waals surface area contributed by atoms with Crippen LogP contribution in [0.4, 0.5) is 0 Å². The van der Waals surface area contributed by atoms with Crippen LogP contribution in [0.5, 0.6) is 0 Å². The van der Waals surface area contributed by atoms with Gasteiger partial charge in [0.1, 0.15) is 6.04 Å². The maximum atomic E-state index is 13.1. The van der Waals surface area contributed by atoms with Crippen LogP contribution in [0.15, 0.2) is 54.7 Å². The normalized spacial score (nSPS) is 23.8. The lowest BCUT2D eigenvalue weighted by Crippen LogP contribution is -2.49. The lowest BCUT2D eigenvalue weighted by atomic mass is 9.84. The van der Waals surface area contributed by atoms with E-state index < -0.39 is 6.04 Å². The van der Waals surface area contributed by atoms with Gasteiger partial charge in [-0.15, -0.1) is 0 Å². The summed E-state index contributed by atoms with van der Waals surface area (Å²) in [5.74, 6) is 1.18. The van der Waals surface area contributed by atoms with Gasteiger partial charge in [0.05, 0.1) is 0 Å². The summed E-state index contributed by atoms with van der Waals surface area (Å²) in [6.07, 6.45) is 10.5. The summed E-state index contributed by atoms with van der Waals surface area (Å²) in [4.78, 5) is 29.9. The van der Waals surface area contributed by atoms with Gasteiger partial charge in [0.25, 0.3) is 5.91 Å². The number of carbonyl (C=O) groups is 2.